The Kier molecular flexibility index (Phi) is 6.18. The van der Waals surface area contributed by atoms with Crippen molar-refractivity contribution in [3.05, 3.63) is 34.1 Å². The largest absolute Gasteiger partial charge is 0.461 e. The van der Waals surface area contributed by atoms with Crippen molar-refractivity contribution < 1.29 is 17.9 Å². The number of halogens is 3. The Hall–Kier alpha value is -3.49. The summed E-state index contributed by atoms with van der Waals surface area (Å²) in [4.78, 5) is 32.6. The van der Waals surface area contributed by atoms with Gasteiger partial charge in [-0.05, 0) is 57.2 Å². The van der Waals surface area contributed by atoms with E-state index < -0.39 is 23.3 Å². The van der Waals surface area contributed by atoms with Gasteiger partial charge in [0.25, 0.3) is 5.56 Å². The highest BCUT2D eigenvalue weighted by Gasteiger charge is 2.49. The van der Waals surface area contributed by atoms with Gasteiger partial charge < -0.3 is 25.3 Å². The van der Waals surface area contributed by atoms with Gasteiger partial charge in [-0.15, -0.1) is 0 Å². The summed E-state index contributed by atoms with van der Waals surface area (Å²) in [7, 11) is 0. The quantitative estimate of drug-likeness (QED) is 0.322. The van der Waals surface area contributed by atoms with E-state index in [4.69, 9.17) is 15.5 Å². The first-order valence-electron chi connectivity index (χ1n) is 15.8. The number of nitrogens with two attached hydrogens (primary N) is 1. The molecule has 9 rings (SSSR count). The minimum absolute atomic E-state index is 0.0146. The Labute approximate surface area is 260 Å². The fourth-order valence-corrected chi connectivity index (χ4v) is 9.12. The Morgan fingerprint density at radius 3 is 2.62 bits per heavy atom. The molecule has 2 unspecified atom stereocenters. The molecule has 0 spiro atoms. The molecule has 3 aromatic heterocycles. The van der Waals surface area contributed by atoms with Crippen LogP contribution < -0.4 is 26.2 Å². The van der Waals surface area contributed by atoms with E-state index in [0.29, 0.717) is 31.6 Å². The van der Waals surface area contributed by atoms with Crippen molar-refractivity contribution in [3.8, 4) is 17.3 Å². The summed E-state index contributed by atoms with van der Waals surface area (Å²) < 4.78 is 54.5. The number of rotatable bonds is 6. The Bertz CT molecular complexity index is 1910. The van der Waals surface area contributed by atoms with Gasteiger partial charge in [0, 0.05) is 49.7 Å². The summed E-state index contributed by atoms with van der Waals surface area (Å²) in [6.07, 6.45) is 4.48. The van der Waals surface area contributed by atoms with Crippen LogP contribution in [0.15, 0.2) is 16.9 Å². The Balaban J connectivity index is 1.26. The second-order valence-electron chi connectivity index (χ2n) is 13.3. The third-order valence-corrected chi connectivity index (χ3v) is 11.4. The molecule has 14 heteroatoms. The molecule has 3 N–H and O–H groups in total. The van der Waals surface area contributed by atoms with Crippen molar-refractivity contribution >= 4 is 43.4 Å². The first kappa shape index (κ1) is 27.8. The first-order chi connectivity index (χ1) is 21.8. The number of anilines is 2. The van der Waals surface area contributed by atoms with Crippen LogP contribution in [0.1, 0.15) is 51.0 Å². The van der Waals surface area contributed by atoms with Gasteiger partial charge in [0.2, 0.25) is 0 Å². The normalized spacial score (nSPS) is 28.1. The molecule has 236 valence electrons. The lowest BCUT2D eigenvalue weighted by molar-refractivity contribution is 0.107. The van der Waals surface area contributed by atoms with E-state index >= 15 is 4.39 Å². The number of hydrogen-bond acceptors (Lipinski definition) is 10. The van der Waals surface area contributed by atoms with Gasteiger partial charge in [-0.25, -0.2) is 18.2 Å². The van der Waals surface area contributed by atoms with Crippen LogP contribution in [0.3, 0.4) is 0 Å². The molecule has 4 aromatic rings. The van der Waals surface area contributed by atoms with Crippen LogP contribution in [0, 0.1) is 11.6 Å². The molecule has 2 bridgehead atoms. The van der Waals surface area contributed by atoms with E-state index in [1.54, 1.807) is 0 Å². The van der Waals surface area contributed by atoms with Crippen LogP contribution >= 0.6 is 11.3 Å². The van der Waals surface area contributed by atoms with Crippen LogP contribution in [0.5, 0.6) is 6.01 Å². The van der Waals surface area contributed by atoms with Gasteiger partial charge in [0.05, 0.1) is 21.4 Å². The summed E-state index contributed by atoms with van der Waals surface area (Å²) in [5.74, 6) is -0.842. The zero-order chi connectivity index (χ0) is 30.6. The zero-order valence-corrected chi connectivity index (χ0v) is 25.4. The SMILES string of the molecule is Nc1nc2c(-c3c(F)c4nc(OC[C@@]56CCCN5C[C@H](F)C6)nc(N5C6CCC5CNC6)c4c(=O)n3C3CC3)ccc(F)c2s1. The molecule has 5 aliphatic rings. The lowest BCUT2D eigenvalue weighted by Gasteiger charge is -2.37. The van der Waals surface area contributed by atoms with Crippen molar-refractivity contribution in [2.75, 3.05) is 43.4 Å². The summed E-state index contributed by atoms with van der Waals surface area (Å²) in [5.41, 5.74) is 5.49. The maximum atomic E-state index is 17.2. The smallest absolute Gasteiger partial charge is 0.319 e. The minimum atomic E-state index is -0.924. The van der Waals surface area contributed by atoms with E-state index in [-0.39, 0.29) is 73.8 Å². The number of aromatic nitrogens is 4. The van der Waals surface area contributed by atoms with Gasteiger partial charge in [0.1, 0.15) is 35.3 Å². The molecule has 0 radical (unpaired) electrons. The number of nitrogens with zero attached hydrogens (tertiary/aromatic N) is 6. The number of nitrogens with one attached hydrogen (secondary N) is 1. The van der Waals surface area contributed by atoms with E-state index in [1.165, 1.54) is 16.7 Å². The molecule has 4 aliphatic heterocycles. The van der Waals surface area contributed by atoms with E-state index in [9.17, 15) is 13.6 Å². The highest BCUT2D eigenvalue weighted by atomic mass is 32.1. The molecular formula is C31H33F3N8O2S. The molecule has 4 saturated heterocycles. The number of ether oxygens (including phenoxy) is 1. The highest BCUT2D eigenvalue weighted by Crippen LogP contribution is 2.45. The number of benzene rings is 1. The molecule has 1 aliphatic carbocycles. The molecule has 7 heterocycles. The lowest BCUT2D eigenvalue weighted by atomic mass is 9.95. The highest BCUT2D eigenvalue weighted by molar-refractivity contribution is 7.22. The molecular weight excluding hydrogens is 605 g/mol. The third-order valence-electron chi connectivity index (χ3n) is 10.5. The number of hydrogen-bond donors (Lipinski definition) is 2. The maximum absolute atomic E-state index is 17.2. The van der Waals surface area contributed by atoms with Crippen LogP contribution in [-0.2, 0) is 0 Å². The predicted molar refractivity (Wildman–Crippen MR) is 166 cm³/mol. The fourth-order valence-electron chi connectivity index (χ4n) is 8.36. The minimum Gasteiger partial charge on any atom is -0.461 e. The monoisotopic (exact) mass is 638 g/mol. The lowest BCUT2D eigenvalue weighted by Crippen LogP contribution is -2.52. The first-order valence-corrected chi connectivity index (χ1v) is 16.6. The number of fused-ring (bicyclic) bond motifs is 5. The third kappa shape index (κ3) is 4.21. The van der Waals surface area contributed by atoms with Crippen molar-refractivity contribution in [3.63, 3.8) is 0 Å². The van der Waals surface area contributed by atoms with E-state index in [1.807, 2.05) is 0 Å². The molecule has 1 aromatic carbocycles. The van der Waals surface area contributed by atoms with Gasteiger partial charge in [-0.2, -0.15) is 9.97 Å². The molecule has 1 saturated carbocycles. The van der Waals surface area contributed by atoms with Crippen molar-refractivity contribution in [1.82, 2.24) is 29.7 Å². The summed E-state index contributed by atoms with van der Waals surface area (Å²) in [5, 5.41) is 3.73. The van der Waals surface area contributed by atoms with E-state index in [0.717, 1.165) is 56.7 Å². The number of pyridine rings is 1. The van der Waals surface area contributed by atoms with Crippen molar-refractivity contribution in [2.45, 2.75) is 74.8 Å². The second kappa shape index (κ2) is 10.0. The average Bonchev–Trinajstić information content (AvgIpc) is 3.44. The zero-order valence-electron chi connectivity index (χ0n) is 24.6. The summed E-state index contributed by atoms with van der Waals surface area (Å²) in [6.45, 7) is 2.82. The van der Waals surface area contributed by atoms with Crippen molar-refractivity contribution in [2.24, 2.45) is 0 Å². The van der Waals surface area contributed by atoms with Crippen molar-refractivity contribution in [1.29, 1.82) is 0 Å². The van der Waals surface area contributed by atoms with Crippen LogP contribution in [0.25, 0.3) is 32.4 Å². The van der Waals surface area contributed by atoms with Crippen LogP contribution in [-0.4, -0.2) is 81.0 Å². The van der Waals surface area contributed by atoms with Crippen LogP contribution in [0.4, 0.5) is 24.1 Å². The predicted octanol–water partition coefficient (Wildman–Crippen LogP) is 4.16. The number of piperazine rings is 1. The Morgan fingerprint density at radius 2 is 1.84 bits per heavy atom. The molecule has 0 amide bonds. The summed E-state index contributed by atoms with van der Waals surface area (Å²) >= 11 is 0.981. The number of nitrogen functional groups attached to an aromatic ring is 1. The topological polar surface area (TPSA) is 114 Å². The number of thiazole rings is 1. The molecule has 5 fully saturated rings. The fraction of sp³-hybridized carbons (Fsp3) is 0.548. The van der Waals surface area contributed by atoms with Gasteiger partial charge in [-0.1, -0.05) is 11.3 Å². The summed E-state index contributed by atoms with van der Waals surface area (Å²) in [6, 6.07) is 2.64. The van der Waals surface area contributed by atoms with Crippen LogP contribution in [0.2, 0.25) is 0 Å². The number of alkyl halides is 1. The molecule has 45 heavy (non-hydrogen) atoms. The average molecular weight is 639 g/mol. The Morgan fingerprint density at radius 1 is 1.07 bits per heavy atom. The maximum Gasteiger partial charge on any atom is 0.319 e. The second-order valence-corrected chi connectivity index (χ2v) is 14.3. The van der Waals surface area contributed by atoms with E-state index in [2.05, 4.69) is 25.1 Å². The van der Waals surface area contributed by atoms with Gasteiger partial charge in [0.15, 0.2) is 10.9 Å². The standard InChI is InChI=1S/C31H33F3N8O2S/c32-15-10-31(8-1-9-40(31)13-15)14-44-30-38-24-21(27(39-30)41-17-4-5-18(41)12-36-11-17)28(43)42(16-2-3-16)25(22(24)34)19-6-7-20(33)26-23(19)37-29(35)45-26/h6-7,15-18,36H,1-5,8-14H2,(H2,35,37)/t15-,17?,18?,31+/m1/s1. The molecule has 4 atom stereocenters. The molecule has 10 nitrogen and oxygen atoms in total. The van der Waals surface area contributed by atoms with Gasteiger partial charge in [-0.3, -0.25) is 9.69 Å². The van der Waals surface area contributed by atoms with Gasteiger partial charge >= 0.3 is 6.01 Å².